The normalized spacial score (nSPS) is 21.6. The Labute approximate surface area is 90.9 Å². The molecular formula is C10H10INO. The van der Waals surface area contributed by atoms with Crippen LogP contribution < -0.4 is 5.32 Å². The van der Waals surface area contributed by atoms with Gasteiger partial charge in [-0.25, -0.2) is 0 Å². The van der Waals surface area contributed by atoms with Gasteiger partial charge in [0.15, 0.2) is 0 Å². The summed E-state index contributed by atoms with van der Waals surface area (Å²) in [7, 11) is 0. The van der Waals surface area contributed by atoms with Crippen molar-refractivity contribution in [2.24, 2.45) is 0 Å². The molecule has 1 amide bonds. The van der Waals surface area contributed by atoms with Crippen molar-refractivity contribution < 1.29 is 4.79 Å². The average molecular weight is 287 g/mol. The van der Waals surface area contributed by atoms with E-state index in [9.17, 15) is 4.79 Å². The molecular weight excluding hydrogens is 277 g/mol. The number of benzene rings is 1. The molecule has 0 bridgehead atoms. The van der Waals surface area contributed by atoms with Crippen molar-refractivity contribution in [3.63, 3.8) is 0 Å². The number of fused-ring (bicyclic) bond motifs is 1. The van der Waals surface area contributed by atoms with Crippen LogP contribution in [0.25, 0.3) is 0 Å². The van der Waals surface area contributed by atoms with Crippen molar-refractivity contribution in [2.75, 3.05) is 0 Å². The van der Waals surface area contributed by atoms with Crippen LogP contribution in [-0.2, 0) is 17.8 Å². The Balaban J connectivity index is 2.35. The second kappa shape index (κ2) is 3.65. The number of nitrogens with one attached hydrogen (secondary N) is 1. The molecule has 1 heterocycles. The summed E-state index contributed by atoms with van der Waals surface area (Å²) in [6, 6.07) is 8.21. The molecule has 0 spiro atoms. The monoisotopic (exact) mass is 287 g/mol. The molecule has 3 heteroatoms. The largest absolute Gasteiger partial charge is 0.351 e. The third-order valence-electron chi connectivity index (χ3n) is 2.26. The minimum Gasteiger partial charge on any atom is -0.351 e. The molecule has 1 aliphatic rings. The molecule has 1 aromatic carbocycles. The molecule has 68 valence electrons. The molecule has 1 aliphatic heterocycles. The van der Waals surface area contributed by atoms with Gasteiger partial charge in [0.05, 0.1) is 3.92 Å². The van der Waals surface area contributed by atoms with Crippen molar-refractivity contribution in [1.29, 1.82) is 0 Å². The number of amides is 1. The lowest BCUT2D eigenvalue weighted by Crippen LogP contribution is -2.28. The van der Waals surface area contributed by atoms with E-state index in [-0.39, 0.29) is 9.83 Å². The van der Waals surface area contributed by atoms with Crippen LogP contribution in [0.15, 0.2) is 24.3 Å². The number of halogens is 1. The van der Waals surface area contributed by atoms with Crippen LogP contribution in [0.4, 0.5) is 0 Å². The maximum Gasteiger partial charge on any atom is 0.233 e. The summed E-state index contributed by atoms with van der Waals surface area (Å²) in [6.45, 7) is 0.675. The standard InChI is InChI=1S/C10H10INO/c11-9-5-7-3-1-2-4-8(7)6-12-10(9)13/h1-4,9H,5-6H2,(H,12,13)/t9-/m1/s1. The fourth-order valence-corrected chi connectivity index (χ4v) is 2.20. The van der Waals surface area contributed by atoms with Crippen LogP contribution in [0.1, 0.15) is 11.1 Å². The number of hydrogen-bond donors (Lipinski definition) is 1. The van der Waals surface area contributed by atoms with E-state index in [0.717, 1.165) is 6.42 Å². The lowest BCUT2D eigenvalue weighted by Gasteiger charge is -2.03. The molecule has 0 radical (unpaired) electrons. The van der Waals surface area contributed by atoms with E-state index in [1.54, 1.807) is 0 Å². The first-order chi connectivity index (χ1) is 6.27. The summed E-state index contributed by atoms with van der Waals surface area (Å²) in [6.07, 6.45) is 0.850. The van der Waals surface area contributed by atoms with Gasteiger partial charge in [0, 0.05) is 6.54 Å². The third-order valence-corrected chi connectivity index (χ3v) is 3.26. The highest BCUT2D eigenvalue weighted by Crippen LogP contribution is 2.18. The van der Waals surface area contributed by atoms with Crippen molar-refractivity contribution in [3.05, 3.63) is 35.4 Å². The highest BCUT2D eigenvalue weighted by atomic mass is 127. The maximum atomic E-state index is 11.4. The van der Waals surface area contributed by atoms with Crippen molar-refractivity contribution in [2.45, 2.75) is 16.9 Å². The molecule has 1 atom stereocenters. The molecule has 0 aliphatic carbocycles. The Hall–Kier alpha value is -0.580. The molecule has 0 aromatic heterocycles. The minimum absolute atomic E-state index is 0.0706. The molecule has 0 saturated carbocycles. The van der Waals surface area contributed by atoms with E-state index >= 15 is 0 Å². The van der Waals surface area contributed by atoms with Gasteiger partial charge < -0.3 is 5.32 Å². The summed E-state index contributed by atoms with van der Waals surface area (Å²) in [5.41, 5.74) is 2.54. The molecule has 1 aromatic rings. The van der Waals surface area contributed by atoms with Gasteiger partial charge in [-0.05, 0) is 17.5 Å². The summed E-state index contributed by atoms with van der Waals surface area (Å²) in [5, 5.41) is 2.90. The van der Waals surface area contributed by atoms with Gasteiger partial charge in [-0.2, -0.15) is 0 Å². The molecule has 0 saturated heterocycles. The smallest absolute Gasteiger partial charge is 0.233 e. The number of carbonyl (C=O) groups is 1. The zero-order chi connectivity index (χ0) is 9.26. The van der Waals surface area contributed by atoms with Crippen molar-refractivity contribution in [1.82, 2.24) is 5.32 Å². The Bertz CT molecular complexity index is 337. The molecule has 13 heavy (non-hydrogen) atoms. The SMILES string of the molecule is O=C1NCc2ccccc2C[C@H]1I. The van der Waals surface area contributed by atoms with Crippen LogP contribution in [0.2, 0.25) is 0 Å². The Morgan fingerprint density at radius 2 is 2.00 bits per heavy atom. The molecule has 2 rings (SSSR count). The van der Waals surface area contributed by atoms with E-state index in [1.807, 2.05) is 12.1 Å². The lowest BCUT2D eigenvalue weighted by molar-refractivity contribution is -0.120. The Morgan fingerprint density at radius 1 is 1.31 bits per heavy atom. The number of rotatable bonds is 0. The third kappa shape index (κ3) is 1.85. The Morgan fingerprint density at radius 3 is 2.77 bits per heavy atom. The van der Waals surface area contributed by atoms with E-state index in [2.05, 4.69) is 40.0 Å². The topological polar surface area (TPSA) is 29.1 Å². The fraction of sp³-hybridized carbons (Fsp3) is 0.300. The first-order valence-electron chi connectivity index (χ1n) is 4.26. The van der Waals surface area contributed by atoms with E-state index in [1.165, 1.54) is 11.1 Å². The van der Waals surface area contributed by atoms with E-state index < -0.39 is 0 Å². The van der Waals surface area contributed by atoms with Crippen LogP contribution in [0, 0.1) is 0 Å². The van der Waals surface area contributed by atoms with Gasteiger partial charge in [0.2, 0.25) is 5.91 Å². The lowest BCUT2D eigenvalue weighted by atomic mass is 10.0. The van der Waals surface area contributed by atoms with Crippen molar-refractivity contribution in [3.8, 4) is 0 Å². The van der Waals surface area contributed by atoms with E-state index in [0.29, 0.717) is 6.54 Å². The molecule has 0 fully saturated rings. The average Bonchev–Trinajstić information content (AvgIpc) is 2.28. The summed E-state index contributed by atoms with van der Waals surface area (Å²) < 4.78 is 0.0706. The zero-order valence-electron chi connectivity index (χ0n) is 7.09. The van der Waals surface area contributed by atoms with Gasteiger partial charge in [0.1, 0.15) is 0 Å². The van der Waals surface area contributed by atoms with Gasteiger partial charge in [-0.15, -0.1) is 0 Å². The Kier molecular flexibility index (Phi) is 2.53. The second-order valence-electron chi connectivity index (χ2n) is 3.16. The highest BCUT2D eigenvalue weighted by Gasteiger charge is 2.20. The second-order valence-corrected chi connectivity index (χ2v) is 4.66. The molecule has 0 unspecified atom stereocenters. The molecule has 2 nitrogen and oxygen atoms in total. The van der Waals surface area contributed by atoms with E-state index in [4.69, 9.17) is 0 Å². The van der Waals surface area contributed by atoms with Gasteiger partial charge in [-0.1, -0.05) is 46.9 Å². The van der Waals surface area contributed by atoms with Crippen LogP contribution in [0.5, 0.6) is 0 Å². The number of alkyl halides is 1. The van der Waals surface area contributed by atoms with Crippen LogP contribution >= 0.6 is 22.6 Å². The van der Waals surface area contributed by atoms with Gasteiger partial charge in [0.25, 0.3) is 0 Å². The minimum atomic E-state index is 0.0706. The predicted octanol–water partition coefficient (Wildman–Crippen LogP) is 1.66. The van der Waals surface area contributed by atoms with Gasteiger partial charge >= 0.3 is 0 Å². The zero-order valence-corrected chi connectivity index (χ0v) is 9.24. The van der Waals surface area contributed by atoms with Gasteiger partial charge in [-0.3, -0.25) is 4.79 Å². The molecule has 1 N–H and O–H groups in total. The first-order valence-corrected chi connectivity index (χ1v) is 5.50. The fourth-order valence-electron chi connectivity index (χ4n) is 1.51. The number of carbonyl (C=O) groups excluding carboxylic acids is 1. The highest BCUT2D eigenvalue weighted by molar-refractivity contribution is 14.1. The summed E-state index contributed by atoms with van der Waals surface area (Å²) in [5.74, 6) is 0.150. The first kappa shape index (κ1) is 8.99. The van der Waals surface area contributed by atoms with Crippen LogP contribution in [0.3, 0.4) is 0 Å². The number of hydrogen-bond acceptors (Lipinski definition) is 1. The quantitative estimate of drug-likeness (QED) is 0.570. The van der Waals surface area contributed by atoms with Crippen LogP contribution in [-0.4, -0.2) is 9.83 Å². The maximum absolute atomic E-state index is 11.4. The van der Waals surface area contributed by atoms with Crippen molar-refractivity contribution >= 4 is 28.5 Å². The summed E-state index contributed by atoms with van der Waals surface area (Å²) in [4.78, 5) is 11.4. The predicted molar refractivity (Wildman–Crippen MR) is 59.8 cm³/mol. The summed E-state index contributed by atoms with van der Waals surface area (Å²) >= 11 is 2.19.